The molecule has 31 heavy (non-hydrogen) atoms. The molecule has 0 aliphatic heterocycles. The summed E-state index contributed by atoms with van der Waals surface area (Å²) in [5.41, 5.74) is 5.13. The number of aromatic amines is 1. The van der Waals surface area contributed by atoms with Crippen LogP contribution in [0.15, 0.2) is 53.3 Å². The van der Waals surface area contributed by atoms with E-state index in [1.54, 1.807) is 0 Å². The summed E-state index contributed by atoms with van der Waals surface area (Å²) in [4.78, 5) is 18.3. The van der Waals surface area contributed by atoms with E-state index in [0.717, 1.165) is 40.0 Å². The Morgan fingerprint density at radius 3 is 2.52 bits per heavy atom. The van der Waals surface area contributed by atoms with Gasteiger partial charge in [0.15, 0.2) is 5.11 Å². The van der Waals surface area contributed by atoms with Gasteiger partial charge in [0, 0.05) is 17.0 Å². The Labute approximate surface area is 189 Å². The van der Waals surface area contributed by atoms with E-state index >= 15 is 0 Å². The first kappa shape index (κ1) is 21.6. The van der Waals surface area contributed by atoms with E-state index < -0.39 is 0 Å². The summed E-state index contributed by atoms with van der Waals surface area (Å²) >= 11 is 5.88. The molecule has 0 unspecified atom stereocenters. The first-order valence-electron chi connectivity index (χ1n) is 11.2. The van der Waals surface area contributed by atoms with Crippen molar-refractivity contribution in [2.24, 2.45) is 0 Å². The fourth-order valence-corrected chi connectivity index (χ4v) is 4.99. The van der Waals surface area contributed by atoms with Gasteiger partial charge in [-0.3, -0.25) is 4.79 Å². The number of benzene rings is 2. The van der Waals surface area contributed by atoms with Crippen molar-refractivity contribution in [3.63, 3.8) is 0 Å². The van der Waals surface area contributed by atoms with Crippen molar-refractivity contribution < 1.29 is 0 Å². The summed E-state index contributed by atoms with van der Waals surface area (Å²) in [5, 5.41) is 5.35. The Balaban J connectivity index is 1.63. The standard InChI is InChI=1S/C26H31N3OS/c1-17-13-14-18(2)24-23(17)15-21(25(30)28-24)16-29(22-11-7-8-12-22)26(31)27-19(3)20-9-5-4-6-10-20/h4-6,9-10,13-15,19,22H,7-8,11-12,16H2,1-3H3,(H,27,31)(H,28,30)/t19-/m1/s1. The Morgan fingerprint density at radius 2 is 1.81 bits per heavy atom. The predicted octanol–water partition coefficient (Wildman–Crippen LogP) is 5.53. The van der Waals surface area contributed by atoms with Gasteiger partial charge in [0.05, 0.1) is 18.1 Å². The highest BCUT2D eigenvalue weighted by atomic mass is 32.1. The monoisotopic (exact) mass is 433 g/mol. The number of fused-ring (bicyclic) bond motifs is 1. The number of aromatic nitrogens is 1. The SMILES string of the molecule is Cc1ccc(C)c2[nH]c(=O)c(CN(C(=S)N[C@H](C)c3ccccc3)C3CCCC3)cc12. The number of pyridine rings is 1. The van der Waals surface area contributed by atoms with Gasteiger partial charge in [0.1, 0.15) is 0 Å². The number of rotatable bonds is 5. The van der Waals surface area contributed by atoms with Gasteiger partial charge in [-0.15, -0.1) is 0 Å². The van der Waals surface area contributed by atoms with Gasteiger partial charge in [-0.25, -0.2) is 0 Å². The molecule has 4 rings (SSSR count). The summed E-state index contributed by atoms with van der Waals surface area (Å²) in [5.74, 6) is 0. The molecule has 2 N–H and O–H groups in total. The van der Waals surface area contributed by atoms with Crippen LogP contribution < -0.4 is 10.9 Å². The Bertz CT molecular complexity index is 1130. The highest BCUT2D eigenvalue weighted by Gasteiger charge is 2.26. The van der Waals surface area contributed by atoms with Crippen LogP contribution in [0, 0.1) is 13.8 Å². The third-order valence-electron chi connectivity index (χ3n) is 6.53. The van der Waals surface area contributed by atoms with Crippen LogP contribution in [-0.2, 0) is 6.54 Å². The normalized spacial score (nSPS) is 15.2. The van der Waals surface area contributed by atoms with Crippen LogP contribution in [0.5, 0.6) is 0 Å². The van der Waals surface area contributed by atoms with E-state index in [9.17, 15) is 4.79 Å². The van der Waals surface area contributed by atoms with Crippen molar-refractivity contribution in [1.29, 1.82) is 0 Å². The lowest BCUT2D eigenvalue weighted by molar-refractivity contribution is 0.300. The van der Waals surface area contributed by atoms with Gasteiger partial charge in [-0.2, -0.15) is 0 Å². The zero-order chi connectivity index (χ0) is 22.0. The van der Waals surface area contributed by atoms with Crippen LogP contribution in [0.2, 0.25) is 0 Å². The second-order valence-corrected chi connectivity index (χ2v) is 9.15. The molecular formula is C26H31N3OS. The van der Waals surface area contributed by atoms with Crippen LogP contribution in [0.1, 0.15) is 60.9 Å². The molecular weight excluding hydrogens is 402 g/mol. The highest BCUT2D eigenvalue weighted by Crippen LogP contribution is 2.26. The molecule has 1 heterocycles. The Morgan fingerprint density at radius 1 is 1.13 bits per heavy atom. The fraction of sp³-hybridized carbons (Fsp3) is 0.385. The molecule has 2 aromatic carbocycles. The van der Waals surface area contributed by atoms with Crippen LogP contribution in [-0.4, -0.2) is 21.0 Å². The molecule has 3 aromatic rings. The van der Waals surface area contributed by atoms with Crippen molar-refractivity contribution in [2.45, 2.75) is 65.1 Å². The molecule has 4 nitrogen and oxygen atoms in total. The molecule has 0 saturated heterocycles. The summed E-state index contributed by atoms with van der Waals surface area (Å²) in [7, 11) is 0. The predicted molar refractivity (Wildman–Crippen MR) is 132 cm³/mol. The number of nitrogens with one attached hydrogen (secondary N) is 2. The quantitative estimate of drug-likeness (QED) is 0.520. The maximum absolute atomic E-state index is 13.0. The van der Waals surface area contributed by atoms with Crippen molar-refractivity contribution in [3.8, 4) is 0 Å². The summed E-state index contributed by atoms with van der Waals surface area (Å²) < 4.78 is 0. The van der Waals surface area contributed by atoms with Crippen LogP contribution in [0.25, 0.3) is 10.9 Å². The molecule has 1 aliphatic carbocycles. The maximum Gasteiger partial charge on any atom is 0.253 e. The van der Waals surface area contributed by atoms with Gasteiger partial charge < -0.3 is 15.2 Å². The van der Waals surface area contributed by atoms with E-state index in [-0.39, 0.29) is 11.6 Å². The van der Waals surface area contributed by atoms with Crippen molar-refractivity contribution in [2.75, 3.05) is 0 Å². The van der Waals surface area contributed by atoms with Gasteiger partial charge in [-0.1, -0.05) is 55.3 Å². The van der Waals surface area contributed by atoms with E-state index in [0.29, 0.717) is 12.6 Å². The molecule has 162 valence electrons. The molecule has 1 aromatic heterocycles. The average molecular weight is 434 g/mol. The largest absolute Gasteiger partial charge is 0.356 e. The smallest absolute Gasteiger partial charge is 0.253 e. The summed E-state index contributed by atoms with van der Waals surface area (Å²) in [6, 6.07) is 17.0. The minimum absolute atomic E-state index is 0.0249. The topological polar surface area (TPSA) is 48.1 Å². The zero-order valence-electron chi connectivity index (χ0n) is 18.6. The second-order valence-electron chi connectivity index (χ2n) is 8.76. The van der Waals surface area contributed by atoms with Crippen LogP contribution in [0.3, 0.4) is 0 Å². The van der Waals surface area contributed by atoms with Gasteiger partial charge in [0.25, 0.3) is 5.56 Å². The van der Waals surface area contributed by atoms with Gasteiger partial charge in [0.2, 0.25) is 0 Å². The first-order chi connectivity index (χ1) is 14.9. The first-order valence-corrected chi connectivity index (χ1v) is 11.6. The Kier molecular flexibility index (Phi) is 6.42. The minimum Gasteiger partial charge on any atom is -0.356 e. The minimum atomic E-state index is -0.0249. The summed E-state index contributed by atoms with van der Waals surface area (Å²) in [6.07, 6.45) is 4.66. The molecule has 0 amide bonds. The molecule has 0 radical (unpaired) electrons. The lowest BCUT2D eigenvalue weighted by Gasteiger charge is -2.33. The molecule has 5 heteroatoms. The van der Waals surface area contributed by atoms with Crippen molar-refractivity contribution in [3.05, 3.63) is 81.1 Å². The van der Waals surface area contributed by atoms with Gasteiger partial charge >= 0.3 is 0 Å². The number of aryl methyl sites for hydroxylation is 2. The number of hydrogen-bond acceptors (Lipinski definition) is 2. The number of H-pyrrole nitrogens is 1. The van der Waals surface area contributed by atoms with Crippen LogP contribution >= 0.6 is 12.2 Å². The molecule has 1 fully saturated rings. The lowest BCUT2D eigenvalue weighted by Crippen LogP contribution is -2.46. The number of nitrogens with zero attached hydrogens (tertiary/aromatic N) is 1. The average Bonchev–Trinajstić information content (AvgIpc) is 3.30. The van der Waals surface area contributed by atoms with E-state index in [1.807, 2.05) is 25.1 Å². The van der Waals surface area contributed by atoms with Crippen molar-refractivity contribution >= 4 is 28.2 Å². The van der Waals surface area contributed by atoms with Crippen LogP contribution in [0.4, 0.5) is 0 Å². The van der Waals surface area contributed by atoms with Gasteiger partial charge in [-0.05, 0) is 68.6 Å². The molecule has 0 spiro atoms. The third kappa shape index (κ3) is 4.67. The molecule has 0 bridgehead atoms. The molecule has 1 atom stereocenters. The fourth-order valence-electron chi connectivity index (χ4n) is 4.60. The van der Waals surface area contributed by atoms with E-state index in [4.69, 9.17) is 12.2 Å². The molecule has 1 aliphatic rings. The number of thiocarbonyl (C=S) groups is 1. The summed E-state index contributed by atoms with van der Waals surface area (Å²) in [6.45, 7) is 6.78. The maximum atomic E-state index is 13.0. The highest BCUT2D eigenvalue weighted by molar-refractivity contribution is 7.80. The molecule has 1 saturated carbocycles. The Hall–Kier alpha value is -2.66. The lowest BCUT2D eigenvalue weighted by atomic mass is 10.0. The van der Waals surface area contributed by atoms with E-state index in [2.05, 4.69) is 59.4 Å². The van der Waals surface area contributed by atoms with Crippen molar-refractivity contribution in [1.82, 2.24) is 15.2 Å². The second kappa shape index (κ2) is 9.23. The number of hydrogen-bond donors (Lipinski definition) is 2. The zero-order valence-corrected chi connectivity index (χ0v) is 19.4. The van der Waals surface area contributed by atoms with E-state index in [1.165, 1.54) is 24.0 Å². The third-order valence-corrected chi connectivity index (χ3v) is 6.88.